The summed E-state index contributed by atoms with van der Waals surface area (Å²) < 4.78 is 10.7. The molecule has 2 aromatic carbocycles. The van der Waals surface area contributed by atoms with Gasteiger partial charge in [-0.05, 0) is 54.9 Å². The van der Waals surface area contributed by atoms with Crippen molar-refractivity contribution in [2.24, 2.45) is 0 Å². The zero-order chi connectivity index (χ0) is 19.1. The predicted molar refractivity (Wildman–Crippen MR) is 104 cm³/mol. The van der Waals surface area contributed by atoms with Gasteiger partial charge in [-0.1, -0.05) is 23.7 Å². The number of halogens is 1. The fraction of sp³-hybridized carbons (Fsp3) is 0.350. The Morgan fingerprint density at radius 1 is 1.15 bits per heavy atom. The number of amides is 1. The van der Waals surface area contributed by atoms with Gasteiger partial charge in [0.05, 0.1) is 20.8 Å². The average molecular weight is 377 g/mol. The molecule has 0 aliphatic rings. The summed E-state index contributed by atoms with van der Waals surface area (Å²) >= 11 is 5.96. The van der Waals surface area contributed by atoms with Crippen LogP contribution in [-0.4, -0.2) is 38.6 Å². The molecule has 0 aromatic heterocycles. The van der Waals surface area contributed by atoms with Crippen molar-refractivity contribution in [3.8, 4) is 11.5 Å². The van der Waals surface area contributed by atoms with Gasteiger partial charge in [0, 0.05) is 18.1 Å². The molecule has 2 aromatic rings. The highest BCUT2D eigenvalue weighted by atomic mass is 35.5. The lowest BCUT2D eigenvalue weighted by Crippen LogP contribution is -2.34. The molecule has 0 heterocycles. The predicted octanol–water partition coefficient (Wildman–Crippen LogP) is 3.41. The molecule has 5 nitrogen and oxygen atoms in total. The van der Waals surface area contributed by atoms with Gasteiger partial charge in [-0.3, -0.25) is 9.69 Å². The smallest absolute Gasteiger partial charge is 0.234 e. The molecule has 1 amide bonds. The van der Waals surface area contributed by atoms with Crippen LogP contribution in [0.2, 0.25) is 5.02 Å². The Morgan fingerprint density at radius 3 is 2.50 bits per heavy atom. The first kappa shape index (κ1) is 20.1. The second-order valence-electron chi connectivity index (χ2n) is 6.21. The minimum absolute atomic E-state index is 0.0365. The van der Waals surface area contributed by atoms with Crippen LogP contribution < -0.4 is 14.8 Å². The Hall–Kier alpha value is -2.24. The molecule has 0 aliphatic heterocycles. The third kappa shape index (κ3) is 5.64. The molecule has 0 unspecified atom stereocenters. The molecule has 0 fully saturated rings. The van der Waals surface area contributed by atoms with E-state index in [1.165, 1.54) is 0 Å². The van der Waals surface area contributed by atoms with E-state index in [0.717, 1.165) is 16.7 Å². The van der Waals surface area contributed by atoms with Crippen LogP contribution in [-0.2, 0) is 17.9 Å². The monoisotopic (exact) mass is 376 g/mol. The highest BCUT2D eigenvalue weighted by Crippen LogP contribution is 2.30. The molecule has 0 aliphatic carbocycles. The van der Waals surface area contributed by atoms with Crippen molar-refractivity contribution < 1.29 is 14.3 Å². The number of ether oxygens (including phenoxy) is 2. The van der Waals surface area contributed by atoms with Crippen molar-refractivity contribution in [2.75, 3.05) is 27.8 Å². The molecular formula is C20H25ClN2O3. The third-order valence-electron chi connectivity index (χ3n) is 4.07. The number of hydrogen-bond donors (Lipinski definition) is 1. The maximum absolute atomic E-state index is 12.2. The largest absolute Gasteiger partial charge is 0.493 e. The first-order chi connectivity index (χ1) is 12.4. The Balaban J connectivity index is 1.91. The Bertz CT molecular complexity index is 765. The van der Waals surface area contributed by atoms with E-state index in [4.69, 9.17) is 21.1 Å². The fourth-order valence-electron chi connectivity index (χ4n) is 2.69. The summed E-state index contributed by atoms with van der Waals surface area (Å²) in [5.74, 6) is 1.35. The van der Waals surface area contributed by atoms with E-state index in [2.05, 4.69) is 5.32 Å². The van der Waals surface area contributed by atoms with E-state index in [0.29, 0.717) is 36.2 Å². The molecule has 26 heavy (non-hydrogen) atoms. The van der Waals surface area contributed by atoms with Gasteiger partial charge in [0.25, 0.3) is 0 Å². The van der Waals surface area contributed by atoms with Gasteiger partial charge < -0.3 is 14.8 Å². The van der Waals surface area contributed by atoms with E-state index in [1.54, 1.807) is 14.2 Å². The number of benzene rings is 2. The summed E-state index contributed by atoms with van der Waals surface area (Å²) in [6.45, 7) is 3.41. The summed E-state index contributed by atoms with van der Waals surface area (Å²) in [6, 6.07) is 11.4. The van der Waals surface area contributed by atoms with Crippen molar-refractivity contribution in [3.05, 3.63) is 58.1 Å². The van der Waals surface area contributed by atoms with E-state index in [-0.39, 0.29) is 5.91 Å². The number of hydrogen-bond acceptors (Lipinski definition) is 4. The maximum atomic E-state index is 12.2. The second-order valence-corrected chi connectivity index (χ2v) is 6.65. The van der Waals surface area contributed by atoms with Crippen molar-refractivity contribution in [2.45, 2.75) is 20.0 Å². The number of rotatable bonds is 8. The molecule has 1 N–H and O–H groups in total. The van der Waals surface area contributed by atoms with E-state index in [9.17, 15) is 4.79 Å². The zero-order valence-corrected chi connectivity index (χ0v) is 16.4. The summed E-state index contributed by atoms with van der Waals surface area (Å²) in [5, 5.41) is 3.58. The van der Waals surface area contributed by atoms with Crippen molar-refractivity contribution in [1.82, 2.24) is 10.2 Å². The standard InChI is InChI=1S/C20H25ClN2O3/c1-14-8-18(25-3)19(26-4)10-16(14)12-23(2)13-20(24)22-11-15-6-5-7-17(21)9-15/h5-10H,11-13H2,1-4H3,(H,22,24). The average Bonchev–Trinajstić information content (AvgIpc) is 2.61. The lowest BCUT2D eigenvalue weighted by molar-refractivity contribution is -0.122. The maximum Gasteiger partial charge on any atom is 0.234 e. The molecule has 2 rings (SSSR count). The summed E-state index contributed by atoms with van der Waals surface area (Å²) in [6.07, 6.45) is 0. The summed E-state index contributed by atoms with van der Waals surface area (Å²) in [5.41, 5.74) is 3.16. The Morgan fingerprint density at radius 2 is 1.85 bits per heavy atom. The summed E-state index contributed by atoms with van der Waals surface area (Å²) in [7, 11) is 5.15. The minimum atomic E-state index is -0.0365. The van der Waals surface area contributed by atoms with Gasteiger partial charge in [-0.2, -0.15) is 0 Å². The quantitative estimate of drug-likeness (QED) is 0.767. The van der Waals surface area contributed by atoms with Crippen LogP contribution in [0, 0.1) is 6.92 Å². The van der Waals surface area contributed by atoms with Gasteiger partial charge in [-0.15, -0.1) is 0 Å². The topological polar surface area (TPSA) is 50.8 Å². The van der Waals surface area contributed by atoms with Crippen LogP contribution in [0.3, 0.4) is 0 Å². The lowest BCUT2D eigenvalue weighted by Gasteiger charge is -2.19. The Labute approximate surface area is 159 Å². The number of methoxy groups -OCH3 is 2. The van der Waals surface area contributed by atoms with Gasteiger partial charge in [-0.25, -0.2) is 0 Å². The molecular weight excluding hydrogens is 352 g/mol. The molecule has 0 radical (unpaired) electrons. The number of aryl methyl sites for hydroxylation is 1. The number of carbonyl (C=O) groups excluding carboxylic acids is 1. The third-order valence-corrected chi connectivity index (χ3v) is 4.31. The highest BCUT2D eigenvalue weighted by Gasteiger charge is 2.12. The SMILES string of the molecule is COc1cc(C)c(CN(C)CC(=O)NCc2cccc(Cl)c2)cc1OC. The number of carbonyl (C=O) groups is 1. The van der Waals surface area contributed by atoms with Crippen LogP contribution in [0.25, 0.3) is 0 Å². The van der Waals surface area contributed by atoms with Gasteiger partial charge >= 0.3 is 0 Å². The summed E-state index contributed by atoms with van der Waals surface area (Å²) in [4.78, 5) is 14.1. The number of nitrogens with zero attached hydrogens (tertiary/aromatic N) is 1. The van der Waals surface area contributed by atoms with Crippen molar-refractivity contribution in [1.29, 1.82) is 0 Å². The molecule has 0 bridgehead atoms. The van der Waals surface area contributed by atoms with Crippen molar-refractivity contribution in [3.63, 3.8) is 0 Å². The molecule has 0 saturated carbocycles. The lowest BCUT2D eigenvalue weighted by atomic mass is 10.1. The highest BCUT2D eigenvalue weighted by molar-refractivity contribution is 6.30. The van der Waals surface area contributed by atoms with Gasteiger partial charge in [0.15, 0.2) is 11.5 Å². The van der Waals surface area contributed by atoms with Gasteiger partial charge in [0.2, 0.25) is 5.91 Å². The Kier molecular flexibility index (Phi) is 7.30. The molecule has 0 spiro atoms. The zero-order valence-electron chi connectivity index (χ0n) is 15.6. The van der Waals surface area contributed by atoms with Crippen LogP contribution in [0.4, 0.5) is 0 Å². The molecule has 6 heteroatoms. The molecule has 0 atom stereocenters. The van der Waals surface area contributed by atoms with Crippen LogP contribution in [0.5, 0.6) is 11.5 Å². The van der Waals surface area contributed by atoms with E-state index < -0.39 is 0 Å². The first-order valence-electron chi connectivity index (χ1n) is 8.34. The number of nitrogens with one attached hydrogen (secondary N) is 1. The first-order valence-corrected chi connectivity index (χ1v) is 8.72. The van der Waals surface area contributed by atoms with Crippen LogP contribution in [0.15, 0.2) is 36.4 Å². The van der Waals surface area contributed by atoms with Crippen molar-refractivity contribution >= 4 is 17.5 Å². The fourth-order valence-corrected chi connectivity index (χ4v) is 2.90. The van der Waals surface area contributed by atoms with Gasteiger partial charge in [0.1, 0.15) is 0 Å². The normalized spacial score (nSPS) is 10.7. The van der Waals surface area contributed by atoms with E-state index >= 15 is 0 Å². The minimum Gasteiger partial charge on any atom is -0.493 e. The molecule has 0 saturated heterocycles. The van der Waals surface area contributed by atoms with Crippen LogP contribution >= 0.6 is 11.6 Å². The molecule has 140 valence electrons. The number of likely N-dealkylation sites (N-methyl/N-ethyl adjacent to an activating group) is 1. The second kappa shape index (κ2) is 9.46. The van der Waals surface area contributed by atoms with Crippen LogP contribution in [0.1, 0.15) is 16.7 Å². The van der Waals surface area contributed by atoms with E-state index in [1.807, 2.05) is 55.3 Å².